The first-order chi connectivity index (χ1) is 7.59. The van der Waals surface area contributed by atoms with Crippen molar-refractivity contribution >= 4 is 21.8 Å². The van der Waals surface area contributed by atoms with Crippen LogP contribution in [0.3, 0.4) is 0 Å². The topological polar surface area (TPSA) is 29.1 Å². The molecule has 4 heteroatoms. The minimum absolute atomic E-state index is 0.221. The van der Waals surface area contributed by atoms with Crippen LogP contribution in [0.25, 0.3) is 0 Å². The average Bonchev–Trinajstić information content (AvgIpc) is 2.24. The summed E-state index contributed by atoms with van der Waals surface area (Å²) >= 11 is 3.43. The Morgan fingerprint density at radius 1 is 1.56 bits per heavy atom. The Morgan fingerprint density at radius 2 is 2.31 bits per heavy atom. The molecule has 0 saturated carbocycles. The normalized spacial score (nSPS) is 12.2. The van der Waals surface area contributed by atoms with Gasteiger partial charge in [-0.3, -0.25) is 4.79 Å². The lowest BCUT2D eigenvalue weighted by Crippen LogP contribution is -2.24. The molecule has 1 unspecified atom stereocenters. The van der Waals surface area contributed by atoms with E-state index >= 15 is 0 Å². The maximum atomic E-state index is 12.8. The number of rotatable bonds is 5. The molecule has 0 saturated heterocycles. The lowest BCUT2D eigenvalue weighted by atomic mass is 10.2. The van der Waals surface area contributed by atoms with Crippen LogP contribution in [0, 0.1) is 5.82 Å². The number of carbonyl (C=O) groups excluding carboxylic acids is 1. The summed E-state index contributed by atoms with van der Waals surface area (Å²) in [4.78, 5) is 12.0. The Labute approximate surface area is 103 Å². The third kappa shape index (κ3) is 4.75. The van der Waals surface area contributed by atoms with E-state index in [0.29, 0.717) is 16.9 Å². The van der Waals surface area contributed by atoms with Gasteiger partial charge >= 0.3 is 0 Å². The van der Waals surface area contributed by atoms with Gasteiger partial charge in [0, 0.05) is 16.9 Å². The third-order valence-corrected chi connectivity index (χ3v) is 2.61. The second kappa shape index (κ2) is 6.63. The van der Waals surface area contributed by atoms with Crippen molar-refractivity contribution in [1.82, 2.24) is 5.32 Å². The van der Waals surface area contributed by atoms with Gasteiger partial charge in [-0.2, -0.15) is 0 Å². The molecule has 0 aromatic heterocycles. The van der Waals surface area contributed by atoms with Gasteiger partial charge in [-0.1, -0.05) is 28.9 Å². The van der Waals surface area contributed by atoms with Crippen LogP contribution in [0.2, 0.25) is 0 Å². The quantitative estimate of drug-likeness (QED) is 0.654. The lowest BCUT2D eigenvalue weighted by Gasteiger charge is -2.06. The number of amides is 1. The summed E-state index contributed by atoms with van der Waals surface area (Å²) in [5.74, 6) is -0.608. The molecule has 88 valence electrons. The van der Waals surface area contributed by atoms with Crippen LogP contribution < -0.4 is 5.32 Å². The zero-order valence-corrected chi connectivity index (χ0v) is 10.8. The van der Waals surface area contributed by atoms with Gasteiger partial charge in [-0.05, 0) is 31.0 Å². The fourth-order valence-corrected chi connectivity index (χ4v) is 1.64. The molecule has 0 aliphatic heterocycles. The summed E-state index contributed by atoms with van der Waals surface area (Å²) in [5.41, 5.74) is 0.367. The molecule has 1 aromatic rings. The van der Waals surface area contributed by atoms with Crippen molar-refractivity contribution in [3.63, 3.8) is 0 Å². The van der Waals surface area contributed by atoms with E-state index in [9.17, 15) is 9.18 Å². The van der Waals surface area contributed by atoms with E-state index in [2.05, 4.69) is 28.2 Å². The third-order valence-electron chi connectivity index (χ3n) is 2.15. The smallest absolute Gasteiger partial charge is 0.251 e. The number of alkyl halides is 1. The van der Waals surface area contributed by atoms with E-state index in [1.54, 1.807) is 6.07 Å². The summed E-state index contributed by atoms with van der Waals surface area (Å²) in [6.45, 7) is 2.68. The number of halogens is 2. The molecule has 0 fully saturated rings. The Balaban J connectivity index is 2.35. The Kier molecular flexibility index (Phi) is 5.46. The molecule has 1 aromatic carbocycles. The fraction of sp³-hybridized carbons (Fsp3) is 0.417. The highest BCUT2D eigenvalue weighted by molar-refractivity contribution is 9.09. The molecule has 1 atom stereocenters. The van der Waals surface area contributed by atoms with Crippen molar-refractivity contribution in [2.75, 3.05) is 6.54 Å². The van der Waals surface area contributed by atoms with Gasteiger partial charge in [0.2, 0.25) is 0 Å². The fourth-order valence-electron chi connectivity index (χ4n) is 1.32. The van der Waals surface area contributed by atoms with Gasteiger partial charge in [0.25, 0.3) is 5.91 Å². The average molecular weight is 288 g/mol. The molecule has 0 aliphatic rings. The first-order valence-electron chi connectivity index (χ1n) is 5.27. The molecule has 2 nitrogen and oxygen atoms in total. The number of benzene rings is 1. The van der Waals surface area contributed by atoms with Crippen molar-refractivity contribution in [3.05, 3.63) is 35.6 Å². The number of carbonyl (C=O) groups is 1. The number of nitrogens with one attached hydrogen (secondary N) is 1. The summed E-state index contributed by atoms with van der Waals surface area (Å²) in [7, 11) is 0. The molecule has 0 bridgehead atoms. The first-order valence-corrected chi connectivity index (χ1v) is 6.19. The Bertz CT molecular complexity index is 355. The number of hydrogen-bond acceptors (Lipinski definition) is 1. The second-order valence-electron chi connectivity index (χ2n) is 3.69. The maximum Gasteiger partial charge on any atom is 0.251 e. The molecule has 0 spiro atoms. The predicted octanol–water partition coefficient (Wildman–Crippen LogP) is 3.12. The highest BCUT2D eigenvalue weighted by Crippen LogP contribution is 2.06. The molecule has 0 aliphatic carbocycles. The molecule has 16 heavy (non-hydrogen) atoms. The van der Waals surface area contributed by atoms with Crippen molar-refractivity contribution in [1.29, 1.82) is 0 Å². The lowest BCUT2D eigenvalue weighted by molar-refractivity contribution is 0.0952. The highest BCUT2D eigenvalue weighted by Gasteiger charge is 2.05. The van der Waals surface area contributed by atoms with Crippen molar-refractivity contribution in [3.8, 4) is 0 Å². The standard InChI is InChI=1S/C12H15BrFNO/c1-9(13)4-3-7-15-12(16)10-5-2-6-11(14)8-10/h2,5-6,8-9H,3-4,7H2,1H3,(H,15,16). The molecular weight excluding hydrogens is 273 g/mol. The van der Waals surface area contributed by atoms with Crippen molar-refractivity contribution < 1.29 is 9.18 Å². The van der Waals surface area contributed by atoms with Gasteiger partial charge < -0.3 is 5.32 Å². The highest BCUT2D eigenvalue weighted by atomic mass is 79.9. The molecular formula is C12H15BrFNO. The Hall–Kier alpha value is -0.900. The zero-order chi connectivity index (χ0) is 12.0. The largest absolute Gasteiger partial charge is 0.352 e. The van der Waals surface area contributed by atoms with E-state index < -0.39 is 0 Å². The van der Waals surface area contributed by atoms with E-state index in [1.165, 1.54) is 18.2 Å². The van der Waals surface area contributed by atoms with Crippen LogP contribution in [0.4, 0.5) is 4.39 Å². The number of hydrogen-bond donors (Lipinski definition) is 1. The van der Waals surface area contributed by atoms with Crippen LogP contribution in [0.5, 0.6) is 0 Å². The van der Waals surface area contributed by atoms with E-state index in [4.69, 9.17) is 0 Å². The van der Waals surface area contributed by atoms with Crippen molar-refractivity contribution in [2.24, 2.45) is 0 Å². The van der Waals surface area contributed by atoms with Gasteiger partial charge in [-0.15, -0.1) is 0 Å². The minimum atomic E-state index is -0.387. The predicted molar refractivity (Wildman–Crippen MR) is 66.4 cm³/mol. The second-order valence-corrected chi connectivity index (χ2v) is 5.25. The summed E-state index contributed by atoms with van der Waals surface area (Å²) < 4.78 is 12.8. The van der Waals surface area contributed by atoms with Gasteiger partial charge in [0.15, 0.2) is 0 Å². The molecule has 1 N–H and O–H groups in total. The van der Waals surface area contributed by atoms with Crippen LogP contribution >= 0.6 is 15.9 Å². The van der Waals surface area contributed by atoms with Crippen LogP contribution in [-0.2, 0) is 0 Å². The molecule has 1 rings (SSSR count). The molecule has 0 radical (unpaired) electrons. The zero-order valence-electron chi connectivity index (χ0n) is 9.17. The molecule has 1 amide bonds. The summed E-state index contributed by atoms with van der Waals surface area (Å²) in [6, 6.07) is 5.70. The van der Waals surface area contributed by atoms with E-state index in [-0.39, 0.29) is 11.7 Å². The van der Waals surface area contributed by atoms with Gasteiger partial charge in [-0.25, -0.2) is 4.39 Å². The summed E-state index contributed by atoms with van der Waals surface area (Å²) in [6.07, 6.45) is 1.91. The minimum Gasteiger partial charge on any atom is -0.352 e. The van der Waals surface area contributed by atoms with Crippen LogP contribution in [-0.4, -0.2) is 17.3 Å². The SMILES string of the molecule is CC(Br)CCCNC(=O)c1cccc(F)c1. The van der Waals surface area contributed by atoms with E-state index in [0.717, 1.165) is 12.8 Å². The first kappa shape index (κ1) is 13.2. The van der Waals surface area contributed by atoms with Crippen LogP contribution in [0.1, 0.15) is 30.1 Å². The van der Waals surface area contributed by atoms with Gasteiger partial charge in [0.1, 0.15) is 5.82 Å². The van der Waals surface area contributed by atoms with Gasteiger partial charge in [0.05, 0.1) is 0 Å². The molecule has 0 heterocycles. The maximum absolute atomic E-state index is 12.8. The monoisotopic (exact) mass is 287 g/mol. The van der Waals surface area contributed by atoms with E-state index in [1.807, 2.05) is 0 Å². The van der Waals surface area contributed by atoms with Crippen LogP contribution in [0.15, 0.2) is 24.3 Å². The summed E-state index contributed by atoms with van der Waals surface area (Å²) in [5, 5.41) is 2.76. The van der Waals surface area contributed by atoms with Crippen molar-refractivity contribution in [2.45, 2.75) is 24.6 Å². The Morgan fingerprint density at radius 3 is 2.94 bits per heavy atom.